The number of rotatable bonds is 10. The minimum atomic E-state index is -0.363. The number of nitrogens with one attached hydrogen (secondary N) is 1. The van der Waals surface area contributed by atoms with Crippen LogP contribution in [0.15, 0.2) is 70.7 Å². The zero-order chi connectivity index (χ0) is 31.7. The maximum atomic E-state index is 14.6. The van der Waals surface area contributed by atoms with E-state index < -0.39 is 0 Å². The summed E-state index contributed by atoms with van der Waals surface area (Å²) in [6, 6.07) is 18.5. The van der Waals surface area contributed by atoms with Crippen molar-refractivity contribution in [2.45, 2.75) is 64.7 Å². The number of carbonyl (C=O) groups is 2. The number of nitrogens with zero attached hydrogens (tertiary/aromatic N) is 2. The Balaban J connectivity index is 1.24. The van der Waals surface area contributed by atoms with E-state index in [0.29, 0.717) is 48.6 Å². The molecule has 0 aromatic heterocycles. The number of ether oxygens (including phenoxy) is 2. The molecule has 1 N–H and O–H groups in total. The number of halogens is 2. The average molecular weight is 677 g/mol. The van der Waals surface area contributed by atoms with Gasteiger partial charge in [-0.3, -0.25) is 9.59 Å². The van der Waals surface area contributed by atoms with Gasteiger partial charge in [0.1, 0.15) is 30.5 Å². The van der Waals surface area contributed by atoms with Crippen molar-refractivity contribution in [1.82, 2.24) is 15.1 Å². The lowest BCUT2D eigenvalue weighted by Crippen LogP contribution is -2.61. The molecule has 0 radical (unpaired) electrons. The molecule has 2 fully saturated rings. The van der Waals surface area contributed by atoms with E-state index in [1.807, 2.05) is 29.2 Å². The van der Waals surface area contributed by atoms with E-state index in [2.05, 4.69) is 58.2 Å². The maximum Gasteiger partial charge on any atom is 0.252 e. The maximum absolute atomic E-state index is 14.6. The molecule has 0 unspecified atom stereocenters. The van der Waals surface area contributed by atoms with Crippen LogP contribution < -0.4 is 14.8 Å². The Hall–Kier alpha value is -3.69. The van der Waals surface area contributed by atoms with Crippen LogP contribution >= 0.6 is 15.9 Å². The molecular weight excluding hydrogens is 637 g/mol. The van der Waals surface area contributed by atoms with E-state index in [1.54, 1.807) is 13.0 Å². The number of fused-ring (bicyclic) bond motifs is 2. The van der Waals surface area contributed by atoms with Crippen molar-refractivity contribution >= 4 is 33.3 Å². The molecule has 1 saturated carbocycles. The molecule has 2 bridgehead atoms. The Bertz CT molecular complexity index is 1620. The SMILES string of the molecule is CC(=O)N1C[C@H]2CC(c3ccc(OCCOc4cc(F)ccc4Br)cc3)=C(C(=O)N(Cc3cccc(C)c3C)C3CC3)[C@@H](C1)N2. The fourth-order valence-corrected chi connectivity index (χ4v) is 6.71. The molecular formula is C36H39BrFN3O4. The van der Waals surface area contributed by atoms with E-state index in [9.17, 15) is 14.0 Å². The summed E-state index contributed by atoms with van der Waals surface area (Å²) in [6.07, 6.45) is 2.66. The smallest absolute Gasteiger partial charge is 0.252 e. The van der Waals surface area contributed by atoms with Crippen molar-refractivity contribution in [2.75, 3.05) is 26.3 Å². The van der Waals surface area contributed by atoms with Gasteiger partial charge in [0.05, 0.1) is 10.5 Å². The lowest BCUT2D eigenvalue weighted by molar-refractivity contribution is -0.132. The number of hydrogen-bond acceptors (Lipinski definition) is 5. The van der Waals surface area contributed by atoms with E-state index in [4.69, 9.17) is 9.47 Å². The van der Waals surface area contributed by atoms with Crippen LogP contribution in [0.2, 0.25) is 0 Å². The summed E-state index contributed by atoms with van der Waals surface area (Å²) in [7, 11) is 0. The molecule has 2 heterocycles. The first-order valence-corrected chi connectivity index (χ1v) is 16.4. The van der Waals surface area contributed by atoms with Crippen molar-refractivity contribution < 1.29 is 23.5 Å². The van der Waals surface area contributed by atoms with E-state index in [-0.39, 0.29) is 42.4 Å². The Morgan fingerprint density at radius 2 is 1.78 bits per heavy atom. The normalized spacial score (nSPS) is 19.4. The Labute approximate surface area is 272 Å². The van der Waals surface area contributed by atoms with E-state index in [1.165, 1.54) is 28.8 Å². The monoisotopic (exact) mass is 675 g/mol. The van der Waals surface area contributed by atoms with Gasteiger partial charge >= 0.3 is 0 Å². The van der Waals surface area contributed by atoms with Gasteiger partial charge in [-0.2, -0.15) is 0 Å². The van der Waals surface area contributed by atoms with Crippen LogP contribution in [0.1, 0.15) is 48.4 Å². The van der Waals surface area contributed by atoms with Gasteiger partial charge in [-0.25, -0.2) is 4.39 Å². The summed E-state index contributed by atoms with van der Waals surface area (Å²) in [6.45, 7) is 8.04. The summed E-state index contributed by atoms with van der Waals surface area (Å²) in [5, 5.41) is 3.67. The summed E-state index contributed by atoms with van der Waals surface area (Å²) >= 11 is 3.37. The van der Waals surface area contributed by atoms with Crippen LogP contribution in [-0.4, -0.2) is 66.0 Å². The van der Waals surface area contributed by atoms with Gasteiger partial charge in [0.2, 0.25) is 5.91 Å². The molecule has 0 spiro atoms. The number of benzene rings is 3. The van der Waals surface area contributed by atoms with Crippen molar-refractivity contribution in [3.63, 3.8) is 0 Å². The Morgan fingerprint density at radius 1 is 1.02 bits per heavy atom. The molecule has 3 aromatic carbocycles. The minimum Gasteiger partial charge on any atom is -0.490 e. The molecule has 2 amide bonds. The van der Waals surface area contributed by atoms with Gasteiger partial charge in [0.25, 0.3) is 5.91 Å². The van der Waals surface area contributed by atoms with Gasteiger partial charge in [0, 0.05) is 50.3 Å². The molecule has 236 valence electrons. The lowest BCUT2D eigenvalue weighted by atomic mass is 9.82. The van der Waals surface area contributed by atoms with Crippen LogP contribution in [0.25, 0.3) is 5.57 Å². The molecule has 1 saturated heterocycles. The molecule has 3 aromatic rings. The highest BCUT2D eigenvalue weighted by Crippen LogP contribution is 2.38. The third-order valence-electron chi connectivity index (χ3n) is 9.09. The highest BCUT2D eigenvalue weighted by Gasteiger charge is 2.43. The molecule has 7 nitrogen and oxygen atoms in total. The predicted molar refractivity (Wildman–Crippen MR) is 176 cm³/mol. The molecule has 3 aliphatic rings. The zero-order valence-corrected chi connectivity index (χ0v) is 27.5. The van der Waals surface area contributed by atoms with E-state index >= 15 is 0 Å². The summed E-state index contributed by atoms with van der Waals surface area (Å²) in [5.74, 6) is 0.830. The summed E-state index contributed by atoms with van der Waals surface area (Å²) < 4.78 is 25.8. The van der Waals surface area contributed by atoms with Crippen molar-refractivity contribution in [2.24, 2.45) is 0 Å². The van der Waals surface area contributed by atoms with Crippen molar-refractivity contribution in [1.29, 1.82) is 0 Å². The van der Waals surface area contributed by atoms with Crippen LogP contribution in [0.5, 0.6) is 11.5 Å². The van der Waals surface area contributed by atoms with Gasteiger partial charge in [-0.1, -0.05) is 30.3 Å². The second kappa shape index (κ2) is 13.3. The van der Waals surface area contributed by atoms with Gasteiger partial charge < -0.3 is 24.6 Å². The number of piperazine rings is 1. The number of hydrogen-bond donors (Lipinski definition) is 1. The van der Waals surface area contributed by atoms with Gasteiger partial charge in [0.15, 0.2) is 0 Å². The summed E-state index contributed by atoms with van der Waals surface area (Å²) in [4.78, 5) is 30.9. The quantitative estimate of drug-likeness (QED) is 0.259. The van der Waals surface area contributed by atoms with Crippen molar-refractivity contribution in [3.05, 3.63) is 98.8 Å². The van der Waals surface area contributed by atoms with Crippen LogP contribution in [0.3, 0.4) is 0 Å². The van der Waals surface area contributed by atoms with Crippen LogP contribution in [0.4, 0.5) is 4.39 Å². The lowest BCUT2D eigenvalue weighted by Gasteiger charge is -2.44. The average Bonchev–Trinajstić information content (AvgIpc) is 3.87. The molecule has 9 heteroatoms. The fourth-order valence-electron chi connectivity index (χ4n) is 6.35. The fraction of sp³-hybridized carbons (Fsp3) is 0.389. The van der Waals surface area contributed by atoms with E-state index in [0.717, 1.165) is 29.6 Å². The standard InChI is InChI=1S/C36H39BrFN3O4/c1-22-5-4-6-26(23(22)2)19-41(29-10-11-29)36(43)35-31(18-28-20-40(24(3)42)21-33(35)39-28)25-7-12-30(13-8-25)44-15-16-45-34-17-27(38)9-14-32(34)37/h4-9,12-14,17,28-29,33,39H,10-11,15-16,18-21H2,1-3H3/t28-,33-/m1/s1. The Kier molecular flexibility index (Phi) is 9.28. The van der Waals surface area contributed by atoms with Gasteiger partial charge in [-0.15, -0.1) is 0 Å². The van der Waals surface area contributed by atoms with Crippen LogP contribution in [0, 0.1) is 19.7 Å². The third kappa shape index (κ3) is 7.10. The predicted octanol–water partition coefficient (Wildman–Crippen LogP) is 6.20. The highest BCUT2D eigenvalue weighted by molar-refractivity contribution is 9.10. The molecule has 1 aliphatic carbocycles. The Morgan fingerprint density at radius 3 is 2.51 bits per heavy atom. The minimum absolute atomic E-state index is 0.0337. The topological polar surface area (TPSA) is 71.1 Å². The largest absolute Gasteiger partial charge is 0.490 e. The first-order chi connectivity index (χ1) is 21.7. The number of amides is 2. The molecule has 2 aliphatic heterocycles. The highest BCUT2D eigenvalue weighted by atomic mass is 79.9. The second-order valence-electron chi connectivity index (χ2n) is 12.3. The first-order valence-electron chi connectivity index (χ1n) is 15.6. The number of carbonyl (C=O) groups excluding carboxylic acids is 2. The zero-order valence-electron chi connectivity index (χ0n) is 25.9. The molecule has 6 rings (SSSR count). The first kappa shape index (κ1) is 31.3. The molecule has 45 heavy (non-hydrogen) atoms. The van der Waals surface area contributed by atoms with Gasteiger partial charge in [-0.05, 0) is 101 Å². The van der Waals surface area contributed by atoms with Crippen LogP contribution in [-0.2, 0) is 16.1 Å². The summed E-state index contributed by atoms with van der Waals surface area (Å²) in [5.41, 5.74) is 6.39. The second-order valence-corrected chi connectivity index (χ2v) is 13.1. The van der Waals surface area contributed by atoms with Crippen molar-refractivity contribution in [3.8, 4) is 11.5 Å². The molecule has 2 atom stereocenters. The third-order valence-corrected chi connectivity index (χ3v) is 9.75. The number of aryl methyl sites for hydroxylation is 1.